The van der Waals surface area contributed by atoms with E-state index in [2.05, 4.69) is 6.92 Å². The molecule has 0 atom stereocenters. The Morgan fingerprint density at radius 2 is 1.61 bits per heavy atom. The first-order valence-electron chi connectivity index (χ1n) is 6.63. The molecule has 18 heavy (non-hydrogen) atoms. The maximum absolute atomic E-state index is 12.6. The molecule has 4 heteroatoms. The minimum absolute atomic E-state index is 0.480. The van der Waals surface area contributed by atoms with E-state index in [4.69, 9.17) is 0 Å². The Balaban J connectivity index is 3.41. The maximum Gasteiger partial charge on any atom is 0.243 e. The minimum atomic E-state index is -3.34. The molecule has 0 spiro atoms. The van der Waals surface area contributed by atoms with Crippen LogP contribution in [0, 0.1) is 0 Å². The zero-order chi connectivity index (χ0) is 13.8. The third-order valence-electron chi connectivity index (χ3n) is 3.29. The molecule has 1 rings (SSSR count). The van der Waals surface area contributed by atoms with Crippen molar-refractivity contribution in [1.82, 2.24) is 4.31 Å². The van der Waals surface area contributed by atoms with Gasteiger partial charge in [-0.1, -0.05) is 39.8 Å². The van der Waals surface area contributed by atoms with Gasteiger partial charge < -0.3 is 0 Å². The molecule has 0 amide bonds. The Hall–Kier alpha value is -0.870. The van der Waals surface area contributed by atoms with Gasteiger partial charge in [-0.05, 0) is 30.0 Å². The lowest BCUT2D eigenvalue weighted by atomic mass is 10.0. The van der Waals surface area contributed by atoms with E-state index >= 15 is 0 Å². The van der Waals surface area contributed by atoms with Crippen LogP contribution in [0.3, 0.4) is 0 Å². The van der Waals surface area contributed by atoms with Crippen molar-refractivity contribution in [3.05, 3.63) is 29.3 Å². The molecule has 0 aromatic heterocycles. The molecule has 0 aliphatic rings. The lowest BCUT2D eigenvalue weighted by Crippen LogP contribution is -2.31. The van der Waals surface area contributed by atoms with Crippen LogP contribution in [-0.2, 0) is 22.9 Å². The number of hydrogen-bond acceptors (Lipinski definition) is 2. The van der Waals surface area contributed by atoms with Gasteiger partial charge in [0.25, 0.3) is 0 Å². The molecule has 0 aliphatic heterocycles. The van der Waals surface area contributed by atoms with Crippen molar-refractivity contribution in [2.45, 2.75) is 45.4 Å². The number of rotatable bonds is 6. The number of sulfonamides is 1. The zero-order valence-electron chi connectivity index (χ0n) is 11.7. The highest BCUT2D eigenvalue weighted by atomic mass is 32.2. The van der Waals surface area contributed by atoms with Crippen LogP contribution >= 0.6 is 0 Å². The summed E-state index contributed by atoms with van der Waals surface area (Å²) in [7, 11) is -3.34. The Bertz CT molecular complexity index is 491. The van der Waals surface area contributed by atoms with Crippen molar-refractivity contribution in [1.29, 1.82) is 0 Å². The second kappa shape index (κ2) is 6.34. The molecule has 0 heterocycles. The fraction of sp³-hybridized carbons (Fsp3) is 0.571. The maximum atomic E-state index is 12.6. The molecular formula is C14H23NO2S. The summed E-state index contributed by atoms with van der Waals surface area (Å²) in [5.74, 6) is 0. The summed E-state index contributed by atoms with van der Waals surface area (Å²) in [5, 5.41) is 0. The van der Waals surface area contributed by atoms with Gasteiger partial charge in [0, 0.05) is 13.1 Å². The lowest BCUT2D eigenvalue weighted by Gasteiger charge is -2.21. The van der Waals surface area contributed by atoms with E-state index < -0.39 is 10.0 Å². The topological polar surface area (TPSA) is 37.4 Å². The second-order valence-corrected chi connectivity index (χ2v) is 6.10. The molecule has 1 aromatic rings. The third kappa shape index (κ3) is 2.75. The summed E-state index contributed by atoms with van der Waals surface area (Å²) < 4.78 is 26.7. The number of benzene rings is 1. The van der Waals surface area contributed by atoms with E-state index in [0.29, 0.717) is 18.0 Å². The van der Waals surface area contributed by atoms with Crippen molar-refractivity contribution < 1.29 is 8.42 Å². The SMILES string of the molecule is CCc1cccc(S(=O)(=O)N(CC)CC)c1CC. The van der Waals surface area contributed by atoms with E-state index in [-0.39, 0.29) is 0 Å². The van der Waals surface area contributed by atoms with Crippen LogP contribution in [0.15, 0.2) is 23.1 Å². The van der Waals surface area contributed by atoms with Crippen LogP contribution in [0.2, 0.25) is 0 Å². The standard InChI is InChI=1S/C14H23NO2S/c1-5-12-10-9-11-14(13(12)6-2)18(16,17)15(7-3)8-4/h9-11H,5-8H2,1-4H3. The van der Waals surface area contributed by atoms with Gasteiger partial charge in [-0.25, -0.2) is 8.42 Å². The highest BCUT2D eigenvalue weighted by Gasteiger charge is 2.24. The van der Waals surface area contributed by atoms with Gasteiger partial charge in [0.15, 0.2) is 0 Å². The summed E-state index contributed by atoms with van der Waals surface area (Å²) in [6, 6.07) is 5.58. The van der Waals surface area contributed by atoms with Crippen LogP contribution in [0.1, 0.15) is 38.8 Å². The smallest absolute Gasteiger partial charge is 0.207 e. The van der Waals surface area contributed by atoms with Gasteiger partial charge in [0.1, 0.15) is 0 Å². The predicted molar refractivity (Wildman–Crippen MR) is 75.3 cm³/mol. The zero-order valence-corrected chi connectivity index (χ0v) is 12.5. The van der Waals surface area contributed by atoms with Crippen LogP contribution in [-0.4, -0.2) is 25.8 Å². The summed E-state index contributed by atoms with van der Waals surface area (Å²) in [6.45, 7) is 8.83. The molecule has 0 radical (unpaired) electrons. The molecular weight excluding hydrogens is 246 g/mol. The second-order valence-electron chi connectivity index (χ2n) is 4.19. The van der Waals surface area contributed by atoms with E-state index in [1.54, 1.807) is 6.07 Å². The Morgan fingerprint density at radius 1 is 1.00 bits per heavy atom. The largest absolute Gasteiger partial charge is 0.243 e. The van der Waals surface area contributed by atoms with Gasteiger partial charge >= 0.3 is 0 Å². The molecule has 0 saturated heterocycles. The third-order valence-corrected chi connectivity index (χ3v) is 5.42. The molecule has 1 aromatic carbocycles. The highest BCUT2D eigenvalue weighted by Crippen LogP contribution is 2.24. The monoisotopic (exact) mass is 269 g/mol. The molecule has 0 N–H and O–H groups in total. The normalized spacial score (nSPS) is 12.1. The summed E-state index contributed by atoms with van der Waals surface area (Å²) >= 11 is 0. The van der Waals surface area contributed by atoms with Crippen LogP contribution in [0.4, 0.5) is 0 Å². The molecule has 0 aliphatic carbocycles. The Labute approximate surface area is 111 Å². The van der Waals surface area contributed by atoms with Gasteiger partial charge in [-0.2, -0.15) is 4.31 Å². The van der Waals surface area contributed by atoms with Crippen molar-refractivity contribution >= 4 is 10.0 Å². The van der Waals surface area contributed by atoms with Crippen molar-refractivity contribution in [3.63, 3.8) is 0 Å². The van der Waals surface area contributed by atoms with Crippen molar-refractivity contribution in [2.24, 2.45) is 0 Å². The number of nitrogens with zero attached hydrogens (tertiary/aromatic N) is 1. The fourth-order valence-electron chi connectivity index (χ4n) is 2.29. The van der Waals surface area contributed by atoms with Crippen molar-refractivity contribution in [2.75, 3.05) is 13.1 Å². The predicted octanol–water partition coefficient (Wildman–Crippen LogP) is 2.84. The Kier molecular flexibility index (Phi) is 5.35. The molecule has 0 unspecified atom stereocenters. The first-order chi connectivity index (χ1) is 8.52. The molecule has 0 saturated carbocycles. The molecule has 0 bridgehead atoms. The van der Waals surface area contributed by atoms with E-state index in [0.717, 1.165) is 24.0 Å². The van der Waals surface area contributed by atoms with Gasteiger partial charge in [-0.15, -0.1) is 0 Å². The average Bonchev–Trinajstić information content (AvgIpc) is 2.38. The lowest BCUT2D eigenvalue weighted by molar-refractivity contribution is 0.444. The molecule has 102 valence electrons. The van der Waals surface area contributed by atoms with Gasteiger partial charge in [0.05, 0.1) is 4.90 Å². The van der Waals surface area contributed by atoms with Gasteiger partial charge in [-0.3, -0.25) is 0 Å². The van der Waals surface area contributed by atoms with Crippen molar-refractivity contribution in [3.8, 4) is 0 Å². The summed E-state index contributed by atoms with van der Waals surface area (Å²) in [4.78, 5) is 0.480. The summed E-state index contributed by atoms with van der Waals surface area (Å²) in [6.07, 6.45) is 1.62. The Morgan fingerprint density at radius 3 is 2.06 bits per heavy atom. The van der Waals surface area contributed by atoms with E-state index in [1.165, 1.54) is 4.31 Å². The molecule has 3 nitrogen and oxygen atoms in total. The van der Waals surface area contributed by atoms with Crippen LogP contribution in [0.25, 0.3) is 0 Å². The van der Waals surface area contributed by atoms with Crippen LogP contribution in [0.5, 0.6) is 0 Å². The van der Waals surface area contributed by atoms with Crippen LogP contribution < -0.4 is 0 Å². The number of hydrogen-bond donors (Lipinski definition) is 0. The summed E-state index contributed by atoms with van der Waals surface area (Å²) in [5.41, 5.74) is 2.10. The highest BCUT2D eigenvalue weighted by molar-refractivity contribution is 7.89. The van der Waals surface area contributed by atoms with Gasteiger partial charge in [0.2, 0.25) is 10.0 Å². The molecule has 0 fully saturated rings. The first-order valence-corrected chi connectivity index (χ1v) is 8.07. The van der Waals surface area contributed by atoms with E-state index in [9.17, 15) is 8.42 Å². The first kappa shape index (κ1) is 15.2. The minimum Gasteiger partial charge on any atom is -0.207 e. The number of aryl methyl sites for hydroxylation is 1. The van der Waals surface area contributed by atoms with E-state index in [1.807, 2.05) is 32.9 Å². The average molecular weight is 269 g/mol. The fourth-order valence-corrected chi connectivity index (χ4v) is 4.08. The quantitative estimate of drug-likeness (QED) is 0.796.